The highest BCUT2D eigenvalue weighted by molar-refractivity contribution is 9.10. The quantitative estimate of drug-likeness (QED) is 0.410. The van der Waals surface area contributed by atoms with Gasteiger partial charge in [-0.2, -0.15) is 5.26 Å². The van der Waals surface area contributed by atoms with Crippen LogP contribution in [0.1, 0.15) is 11.1 Å². The summed E-state index contributed by atoms with van der Waals surface area (Å²) in [5.41, 5.74) is 5.20. The zero-order chi connectivity index (χ0) is 19.4. The van der Waals surface area contributed by atoms with Crippen molar-refractivity contribution in [1.29, 1.82) is 5.26 Å². The second-order valence-electron chi connectivity index (χ2n) is 6.45. The van der Waals surface area contributed by atoms with Crippen molar-refractivity contribution in [3.8, 4) is 28.5 Å². The third-order valence-electron chi connectivity index (χ3n) is 4.03. The van der Waals surface area contributed by atoms with Gasteiger partial charge in [0.2, 0.25) is 0 Å². The number of aryl methyl sites for hydroxylation is 1. The van der Waals surface area contributed by atoms with E-state index in [4.69, 9.17) is 0 Å². The van der Waals surface area contributed by atoms with Gasteiger partial charge >= 0.3 is 0 Å². The average molecular weight is 419 g/mol. The fourth-order valence-electron chi connectivity index (χ4n) is 2.63. The molecule has 0 radical (unpaired) electrons. The normalized spacial score (nSPS) is 10.8. The predicted molar refractivity (Wildman–Crippen MR) is 114 cm³/mol. The molecule has 27 heavy (non-hydrogen) atoms. The number of nitrogens with zero attached hydrogens (tertiary/aromatic N) is 4. The predicted octanol–water partition coefficient (Wildman–Crippen LogP) is 5.58. The molecule has 0 atom stereocenters. The van der Waals surface area contributed by atoms with E-state index >= 15 is 0 Å². The highest BCUT2D eigenvalue weighted by Crippen LogP contribution is 2.34. The fourth-order valence-corrected chi connectivity index (χ4v) is 2.90. The van der Waals surface area contributed by atoms with E-state index in [-0.39, 0.29) is 0 Å². The molecule has 0 spiro atoms. The maximum atomic E-state index is 9.79. The van der Waals surface area contributed by atoms with Gasteiger partial charge < -0.3 is 4.90 Å². The van der Waals surface area contributed by atoms with Crippen LogP contribution in [0.3, 0.4) is 0 Å². The lowest BCUT2D eigenvalue weighted by Crippen LogP contribution is -2.07. The first-order valence-electron chi connectivity index (χ1n) is 8.46. The van der Waals surface area contributed by atoms with Gasteiger partial charge in [0.05, 0.1) is 12.0 Å². The number of aromatic nitrogens is 1. The molecule has 0 N–H and O–H groups in total. The molecule has 0 saturated carbocycles. The van der Waals surface area contributed by atoms with E-state index in [1.165, 1.54) is 5.56 Å². The maximum absolute atomic E-state index is 9.79. The lowest BCUT2D eigenvalue weighted by atomic mass is 9.98. The van der Waals surface area contributed by atoms with Crippen molar-refractivity contribution in [2.45, 2.75) is 6.92 Å². The van der Waals surface area contributed by atoms with E-state index in [1.807, 2.05) is 61.5 Å². The molecule has 0 aliphatic carbocycles. The molecule has 0 bridgehead atoms. The smallest absolute Gasteiger partial charge is 0.172 e. The molecule has 0 fully saturated rings. The Morgan fingerprint density at radius 2 is 1.67 bits per heavy atom. The highest BCUT2D eigenvalue weighted by Gasteiger charge is 2.15. The third kappa shape index (κ3) is 4.42. The number of aliphatic imine (C=N–C) groups is 1. The van der Waals surface area contributed by atoms with Gasteiger partial charge in [0.25, 0.3) is 0 Å². The van der Waals surface area contributed by atoms with Gasteiger partial charge in [0.15, 0.2) is 5.82 Å². The summed E-state index contributed by atoms with van der Waals surface area (Å²) in [6.07, 6.45) is 1.66. The summed E-state index contributed by atoms with van der Waals surface area (Å²) >= 11 is 3.46. The van der Waals surface area contributed by atoms with E-state index in [9.17, 15) is 5.26 Å². The Kier molecular flexibility index (Phi) is 5.68. The van der Waals surface area contributed by atoms with E-state index < -0.39 is 0 Å². The molecule has 1 heterocycles. The van der Waals surface area contributed by atoms with Crippen molar-refractivity contribution in [3.05, 3.63) is 70.2 Å². The number of benzene rings is 2. The monoisotopic (exact) mass is 418 g/mol. The minimum Gasteiger partial charge on any atom is -0.369 e. The van der Waals surface area contributed by atoms with Crippen molar-refractivity contribution in [3.63, 3.8) is 0 Å². The Morgan fingerprint density at radius 1 is 1.04 bits per heavy atom. The van der Waals surface area contributed by atoms with Gasteiger partial charge in [-0.25, -0.2) is 9.98 Å². The van der Waals surface area contributed by atoms with Crippen LogP contribution in [-0.2, 0) is 0 Å². The maximum Gasteiger partial charge on any atom is 0.172 e. The van der Waals surface area contributed by atoms with Gasteiger partial charge in [-0.3, -0.25) is 0 Å². The third-order valence-corrected chi connectivity index (χ3v) is 4.55. The standard InChI is InChI=1S/C22H19BrN4/c1-15-4-6-17(7-5-15)21-12-19(16-8-10-18(23)11-9-16)20(13-24)22(26-21)25-14-27(2)3/h4-12,14H,1-3H3/b25-14+. The molecule has 1 aromatic heterocycles. The summed E-state index contributed by atoms with van der Waals surface area (Å²) in [5, 5.41) is 9.79. The Labute approximate surface area is 168 Å². The second-order valence-corrected chi connectivity index (χ2v) is 7.36. The van der Waals surface area contributed by atoms with Crippen LogP contribution >= 0.6 is 15.9 Å². The minimum absolute atomic E-state index is 0.419. The van der Waals surface area contributed by atoms with E-state index in [0.717, 1.165) is 26.9 Å². The van der Waals surface area contributed by atoms with Crippen LogP contribution in [0.15, 0.2) is 64.1 Å². The Morgan fingerprint density at radius 3 is 2.26 bits per heavy atom. The molecular weight excluding hydrogens is 400 g/mol. The van der Waals surface area contributed by atoms with Gasteiger partial charge in [-0.15, -0.1) is 0 Å². The average Bonchev–Trinajstić information content (AvgIpc) is 2.66. The van der Waals surface area contributed by atoms with E-state index in [2.05, 4.69) is 51.0 Å². The first kappa shape index (κ1) is 18.8. The molecule has 134 valence electrons. The van der Waals surface area contributed by atoms with Crippen LogP contribution in [0.4, 0.5) is 5.82 Å². The molecule has 4 nitrogen and oxygen atoms in total. The van der Waals surface area contributed by atoms with Crippen LogP contribution in [0.2, 0.25) is 0 Å². The first-order valence-corrected chi connectivity index (χ1v) is 9.26. The molecule has 0 unspecified atom stereocenters. The van der Waals surface area contributed by atoms with Crippen LogP contribution in [0, 0.1) is 18.3 Å². The fraction of sp³-hybridized carbons (Fsp3) is 0.136. The minimum atomic E-state index is 0.419. The summed E-state index contributed by atoms with van der Waals surface area (Å²) in [7, 11) is 3.77. The molecular formula is C22H19BrN4. The largest absolute Gasteiger partial charge is 0.369 e. The van der Waals surface area contributed by atoms with Crippen LogP contribution in [0.5, 0.6) is 0 Å². The molecule has 3 rings (SSSR count). The number of hydrogen-bond donors (Lipinski definition) is 0. The number of nitriles is 1. The molecule has 0 aliphatic rings. The second kappa shape index (κ2) is 8.15. The number of rotatable bonds is 4. The van der Waals surface area contributed by atoms with Crippen LogP contribution < -0.4 is 0 Å². The molecule has 0 amide bonds. The van der Waals surface area contributed by atoms with Crippen LogP contribution in [0.25, 0.3) is 22.4 Å². The van der Waals surface area contributed by atoms with E-state index in [1.54, 1.807) is 6.34 Å². The molecule has 5 heteroatoms. The number of halogens is 1. The Balaban J connectivity index is 2.25. The topological polar surface area (TPSA) is 52.3 Å². The SMILES string of the molecule is Cc1ccc(-c2cc(-c3ccc(Br)cc3)c(C#N)c(/N=C/N(C)C)n2)cc1. The summed E-state index contributed by atoms with van der Waals surface area (Å²) in [5.74, 6) is 0.419. The number of hydrogen-bond acceptors (Lipinski definition) is 3. The highest BCUT2D eigenvalue weighted by atomic mass is 79.9. The van der Waals surface area contributed by atoms with Crippen molar-refractivity contribution in [2.24, 2.45) is 4.99 Å². The van der Waals surface area contributed by atoms with Gasteiger partial charge in [0.1, 0.15) is 11.6 Å². The van der Waals surface area contributed by atoms with Crippen molar-refractivity contribution >= 4 is 28.1 Å². The summed E-state index contributed by atoms with van der Waals surface area (Å²) in [6.45, 7) is 2.05. The Hall–Kier alpha value is -2.97. The molecule has 2 aromatic carbocycles. The zero-order valence-electron chi connectivity index (χ0n) is 15.4. The lowest BCUT2D eigenvalue weighted by Gasteiger charge is -2.11. The van der Waals surface area contributed by atoms with Gasteiger partial charge in [0, 0.05) is 29.7 Å². The van der Waals surface area contributed by atoms with Crippen molar-refractivity contribution in [2.75, 3.05) is 14.1 Å². The lowest BCUT2D eigenvalue weighted by molar-refractivity contribution is 0.643. The molecule has 0 aliphatic heterocycles. The van der Waals surface area contributed by atoms with Gasteiger partial charge in [-0.05, 0) is 30.7 Å². The first-order chi connectivity index (χ1) is 13.0. The molecule has 3 aromatic rings. The van der Waals surface area contributed by atoms with Crippen molar-refractivity contribution < 1.29 is 0 Å². The Bertz CT molecular complexity index is 1010. The van der Waals surface area contributed by atoms with E-state index in [0.29, 0.717) is 11.4 Å². The molecule has 0 saturated heterocycles. The summed E-state index contributed by atoms with van der Waals surface area (Å²) < 4.78 is 0.989. The number of pyridine rings is 1. The summed E-state index contributed by atoms with van der Waals surface area (Å²) in [4.78, 5) is 10.9. The van der Waals surface area contributed by atoms with Gasteiger partial charge in [-0.1, -0.05) is 57.9 Å². The van der Waals surface area contributed by atoms with Crippen molar-refractivity contribution in [1.82, 2.24) is 9.88 Å². The summed E-state index contributed by atoms with van der Waals surface area (Å²) in [6, 6.07) is 20.3. The zero-order valence-corrected chi connectivity index (χ0v) is 17.0. The van der Waals surface area contributed by atoms with Crippen LogP contribution in [-0.4, -0.2) is 30.3 Å².